The molecule has 0 spiro atoms. The van der Waals surface area contributed by atoms with Gasteiger partial charge in [-0.25, -0.2) is 17.8 Å². The normalized spacial score (nSPS) is 15.1. The predicted molar refractivity (Wildman–Crippen MR) is 111 cm³/mol. The highest BCUT2D eigenvalue weighted by Crippen LogP contribution is 2.29. The quantitative estimate of drug-likeness (QED) is 0.579. The topological polar surface area (TPSA) is 70.6 Å². The number of nitrogens with zero attached hydrogens (tertiary/aromatic N) is 3. The van der Waals surface area contributed by atoms with Gasteiger partial charge in [-0.15, -0.1) is 0 Å². The van der Waals surface area contributed by atoms with Crippen LogP contribution >= 0.6 is 11.3 Å². The van der Waals surface area contributed by atoms with Gasteiger partial charge in [-0.2, -0.15) is 0 Å². The van der Waals surface area contributed by atoms with E-state index in [1.165, 1.54) is 12.1 Å². The molecule has 1 amide bonds. The van der Waals surface area contributed by atoms with Gasteiger partial charge in [0.15, 0.2) is 15.0 Å². The Morgan fingerprint density at radius 1 is 1.03 bits per heavy atom. The lowest BCUT2D eigenvalue weighted by Crippen LogP contribution is -2.49. The average Bonchev–Trinajstić information content (AvgIpc) is 3.17. The Hall–Kier alpha value is -2.52. The van der Waals surface area contributed by atoms with E-state index in [1.807, 2.05) is 24.3 Å². The van der Waals surface area contributed by atoms with Gasteiger partial charge in [0, 0.05) is 32.6 Å². The van der Waals surface area contributed by atoms with Crippen LogP contribution in [-0.2, 0) is 14.6 Å². The molecule has 1 aliphatic rings. The fourth-order valence-corrected chi connectivity index (χ4v) is 5.53. The summed E-state index contributed by atoms with van der Waals surface area (Å²) >= 11 is 1.63. The number of hydrogen-bond acceptors (Lipinski definition) is 6. The monoisotopic (exact) mass is 433 g/mol. The van der Waals surface area contributed by atoms with Crippen LogP contribution in [0.1, 0.15) is 6.42 Å². The molecule has 1 aliphatic heterocycles. The minimum atomic E-state index is -3.61. The molecular weight excluding hydrogens is 413 g/mol. The van der Waals surface area contributed by atoms with Crippen molar-refractivity contribution in [1.29, 1.82) is 0 Å². The molecule has 152 valence electrons. The third-order valence-corrected chi connectivity index (χ3v) is 7.77. The van der Waals surface area contributed by atoms with Crippen LogP contribution in [0, 0.1) is 5.82 Å². The summed E-state index contributed by atoms with van der Waals surface area (Å²) in [6.45, 7) is 2.39. The van der Waals surface area contributed by atoms with Gasteiger partial charge < -0.3 is 9.80 Å². The van der Waals surface area contributed by atoms with Gasteiger partial charge in [0.1, 0.15) is 5.82 Å². The molecule has 9 heteroatoms. The summed E-state index contributed by atoms with van der Waals surface area (Å²) in [4.78, 5) is 21.0. The molecule has 4 rings (SSSR count). The van der Waals surface area contributed by atoms with Crippen molar-refractivity contribution < 1.29 is 17.6 Å². The van der Waals surface area contributed by atoms with E-state index >= 15 is 0 Å². The number of piperazine rings is 1. The first-order valence-electron chi connectivity index (χ1n) is 9.29. The van der Waals surface area contributed by atoms with E-state index < -0.39 is 15.7 Å². The van der Waals surface area contributed by atoms with Crippen molar-refractivity contribution in [1.82, 2.24) is 9.88 Å². The molecule has 6 nitrogen and oxygen atoms in total. The number of para-hydroxylation sites is 1. The molecule has 2 aromatic carbocycles. The van der Waals surface area contributed by atoms with Crippen LogP contribution in [-0.4, -0.2) is 56.1 Å². The van der Waals surface area contributed by atoms with Gasteiger partial charge in [-0.05, 0) is 36.4 Å². The number of aromatic nitrogens is 1. The summed E-state index contributed by atoms with van der Waals surface area (Å²) in [6.07, 6.45) is -0.0825. The van der Waals surface area contributed by atoms with E-state index in [1.54, 1.807) is 16.2 Å². The van der Waals surface area contributed by atoms with Crippen LogP contribution in [0.5, 0.6) is 0 Å². The lowest BCUT2D eigenvalue weighted by Gasteiger charge is -2.34. The second kappa shape index (κ2) is 8.08. The molecule has 0 bridgehead atoms. The largest absolute Gasteiger partial charge is 0.345 e. The number of anilines is 1. The molecule has 1 fully saturated rings. The highest BCUT2D eigenvalue weighted by molar-refractivity contribution is 7.91. The first-order valence-corrected chi connectivity index (χ1v) is 11.8. The fourth-order valence-electron chi connectivity index (χ4n) is 3.28. The first kappa shape index (κ1) is 19.8. The maximum absolute atomic E-state index is 13.0. The van der Waals surface area contributed by atoms with Gasteiger partial charge in [0.2, 0.25) is 5.91 Å². The number of carbonyl (C=O) groups is 1. The molecule has 0 aliphatic carbocycles. The summed E-state index contributed by atoms with van der Waals surface area (Å²) in [5.41, 5.74) is 0.969. The van der Waals surface area contributed by atoms with Gasteiger partial charge >= 0.3 is 0 Å². The molecule has 1 saturated heterocycles. The highest BCUT2D eigenvalue weighted by atomic mass is 32.2. The number of thiazole rings is 1. The summed E-state index contributed by atoms with van der Waals surface area (Å²) in [7, 11) is -3.61. The molecule has 3 aromatic rings. The van der Waals surface area contributed by atoms with Crippen molar-refractivity contribution in [2.75, 3.05) is 36.8 Å². The molecule has 29 heavy (non-hydrogen) atoms. The zero-order valence-corrected chi connectivity index (χ0v) is 17.3. The van der Waals surface area contributed by atoms with E-state index in [0.717, 1.165) is 27.5 Å². The van der Waals surface area contributed by atoms with Crippen molar-refractivity contribution in [2.24, 2.45) is 0 Å². The zero-order valence-electron chi connectivity index (χ0n) is 15.6. The number of benzene rings is 2. The third-order valence-electron chi connectivity index (χ3n) is 4.94. The summed E-state index contributed by atoms with van der Waals surface area (Å²) in [5.74, 6) is -0.958. The average molecular weight is 434 g/mol. The Bertz CT molecular complexity index is 1090. The van der Waals surface area contributed by atoms with Crippen LogP contribution in [0.2, 0.25) is 0 Å². The number of carbonyl (C=O) groups excluding carboxylic acids is 1. The SMILES string of the molecule is O=C(CCS(=O)(=O)c1ccc(F)cc1)N1CCN(c2nc3ccccc3s2)CC1. The summed E-state index contributed by atoms with van der Waals surface area (Å²) in [6, 6.07) is 12.6. The third kappa shape index (κ3) is 4.40. The number of hydrogen-bond donors (Lipinski definition) is 0. The zero-order chi connectivity index (χ0) is 20.4. The van der Waals surface area contributed by atoms with Crippen molar-refractivity contribution in [2.45, 2.75) is 11.3 Å². The maximum Gasteiger partial charge on any atom is 0.223 e. The van der Waals surface area contributed by atoms with Crippen LogP contribution in [0.25, 0.3) is 10.2 Å². The Morgan fingerprint density at radius 3 is 2.41 bits per heavy atom. The molecule has 2 heterocycles. The standard InChI is InChI=1S/C20H20FN3O3S2/c21-15-5-7-16(8-6-15)29(26,27)14-9-19(25)23-10-12-24(13-11-23)20-22-17-3-1-2-4-18(17)28-20/h1-8H,9-14H2. The molecule has 0 N–H and O–H groups in total. The van der Waals surface area contributed by atoms with Crippen LogP contribution in [0.3, 0.4) is 0 Å². The van der Waals surface area contributed by atoms with Crippen molar-refractivity contribution in [3.63, 3.8) is 0 Å². The lowest BCUT2D eigenvalue weighted by atomic mass is 10.3. The van der Waals surface area contributed by atoms with E-state index in [-0.39, 0.29) is 23.0 Å². The Balaban J connectivity index is 1.32. The molecule has 0 radical (unpaired) electrons. The Kier molecular flexibility index (Phi) is 5.51. The molecule has 0 unspecified atom stereocenters. The second-order valence-electron chi connectivity index (χ2n) is 6.85. The van der Waals surface area contributed by atoms with Crippen LogP contribution in [0.15, 0.2) is 53.4 Å². The maximum atomic E-state index is 13.0. The summed E-state index contributed by atoms with van der Waals surface area (Å²) < 4.78 is 38.8. The van der Waals surface area contributed by atoms with Crippen LogP contribution < -0.4 is 4.90 Å². The van der Waals surface area contributed by atoms with Gasteiger partial charge in [0.05, 0.1) is 20.9 Å². The lowest BCUT2D eigenvalue weighted by molar-refractivity contribution is -0.131. The van der Waals surface area contributed by atoms with Crippen LogP contribution in [0.4, 0.5) is 9.52 Å². The Morgan fingerprint density at radius 2 is 1.72 bits per heavy atom. The number of fused-ring (bicyclic) bond motifs is 1. The van der Waals surface area contributed by atoms with Crippen molar-refractivity contribution in [3.8, 4) is 0 Å². The Labute approximate surface area is 172 Å². The fraction of sp³-hybridized carbons (Fsp3) is 0.300. The van der Waals surface area contributed by atoms with Crippen molar-refractivity contribution >= 4 is 42.4 Å². The number of halogens is 1. The van der Waals surface area contributed by atoms with E-state index in [2.05, 4.69) is 9.88 Å². The molecule has 0 saturated carbocycles. The van der Waals surface area contributed by atoms with Crippen molar-refractivity contribution in [3.05, 3.63) is 54.3 Å². The smallest absolute Gasteiger partial charge is 0.223 e. The minimum Gasteiger partial charge on any atom is -0.345 e. The second-order valence-corrected chi connectivity index (χ2v) is 9.97. The number of sulfone groups is 1. The number of amides is 1. The number of rotatable bonds is 5. The minimum absolute atomic E-state index is 0.0346. The molecule has 0 atom stereocenters. The summed E-state index contributed by atoms with van der Waals surface area (Å²) in [5, 5.41) is 0.942. The predicted octanol–water partition coefficient (Wildman–Crippen LogP) is 2.95. The molecular formula is C20H20FN3O3S2. The van der Waals surface area contributed by atoms with E-state index in [4.69, 9.17) is 0 Å². The van der Waals surface area contributed by atoms with E-state index in [9.17, 15) is 17.6 Å². The first-order chi connectivity index (χ1) is 13.9. The van der Waals surface area contributed by atoms with Gasteiger partial charge in [-0.1, -0.05) is 23.5 Å². The van der Waals surface area contributed by atoms with Gasteiger partial charge in [0.25, 0.3) is 0 Å². The molecule has 1 aromatic heterocycles. The highest BCUT2D eigenvalue weighted by Gasteiger charge is 2.25. The van der Waals surface area contributed by atoms with Gasteiger partial charge in [-0.3, -0.25) is 4.79 Å². The van der Waals surface area contributed by atoms with E-state index in [0.29, 0.717) is 26.2 Å².